The maximum atomic E-state index is 11.4. The molecule has 1 aromatic carbocycles. The Bertz CT molecular complexity index is 767. The van der Waals surface area contributed by atoms with Gasteiger partial charge in [0.2, 0.25) is 0 Å². The highest BCUT2D eigenvalue weighted by molar-refractivity contribution is 5.96. The summed E-state index contributed by atoms with van der Waals surface area (Å²) in [6.07, 6.45) is 9.36. The molecule has 104 valence electrons. The fourth-order valence-corrected chi connectivity index (χ4v) is 2.53. The van der Waals surface area contributed by atoms with Crippen molar-refractivity contribution in [1.29, 1.82) is 0 Å². The summed E-state index contributed by atoms with van der Waals surface area (Å²) >= 11 is 0. The van der Waals surface area contributed by atoms with Gasteiger partial charge in [0, 0.05) is 23.0 Å². The molecule has 0 saturated heterocycles. The molecule has 1 heterocycles. The van der Waals surface area contributed by atoms with Crippen LogP contribution in [-0.2, 0) is 0 Å². The summed E-state index contributed by atoms with van der Waals surface area (Å²) in [5, 5.41) is 9.38. The molecule has 0 amide bonds. The molecule has 3 rings (SSSR count). The lowest BCUT2D eigenvalue weighted by Crippen LogP contribution is -2.03. The predicted octanol–water partition coefficient (Wildman–Crippen LogP) is 3.61. The minimum absolute atomic E-state index is 0.185. The molecule has 3 heteroatoms. The van der Waals surface area contributed by atoms with Gasteiger partial charge in [-0.1, -0.05) is 12.0 Å². The number of pyridine rings is 1. The molecule has 3 nitrogen and oxygen atoms in total. The normalized spacial score (nSPS) is 13.7. The van der Waals surface area contributed by atoms with Crippen LogP contribution in [-0.4, -0.2) is 16.1 Å². The molecule has 1 aliphatic rings. The van der Waals surface area contributed by atoms with Gasteiger partial charge in [0.05, 0.1) is 5.56 Å². The zero-order chi connectivity index (χ0) is 15.0. The topological polar surface area (TPSA) is 50.2 Å². The monoisotopic (exact) mass is 277 g/mol. The van der Waals surface area contributed by atoms with Crippen molar-refractivity contribution in [2.45, 2.75) is 25.7 Å². The van der Waals surface area contributed by atoms with E-state index in [4.69, 9.17) is 6.42 Å². The van der Waals surface area contributed by atoms with E-state index in [2.05, 4.69) is 10.9 Å². The summed E-state index contributed by atoms with van der Waals surface area (Å²) in [4.78, 5) is 15.5. The van der Waals surface area contributed by atoms with Crippen molar-refractivity contribution >= 4 is 5.97 Å². The van der Waals surface area contributed by atoms with Crippen molar-refractivity contribution < 1.29 is 9.90 Å². The molecule has 0 aliphatic heterocycles. The van der Waals surface area contributed by atoms with Crippen LogP contribution in [0, 0.1) is 19.3 Å². The Kier molecular flexibility index (Phi) is 3.23. The Morgan fingerprint density at radius 3 is 2.71 bits per heavy atom. The largest absolute Gasteiger partial charge is 0.478 e. The molecule has 1 aromatic heterocycles. The van der Waals surface area contributed by atoms with E-state index in [1.165, 1.54) is 24.6 Å². The van der Waals surface area contributed by atoms with Crippen LogP contribution < -0.4 is 0 Å². The van der Waals surface area contributed by atoms with Gasteiger partial charge in [-0.15, -0.1) is 6.42 Å². The highest BCUT2D eigenvalue weighted by Crippen LogP contribution is 2.42. The Hall–Kier alpha value is -2.60. The number of hydrogen-bond acceptors (Lipinski definition) is 2. The van der Waals surface area contributed by atoms with Crippen LogP contribution >= 0.6 is 0 Å². The van der Waals surface area contributed by atoms with Crippen LogP contribution in [0.4, 0.5) is 0 Å². The van der Waals surface area contributed by atoms with Crippen molar-refractivity contribution in [3.63, 3.8) is 0 Å². The van der Waals surface area contributed by atoms with E-state index in [0.717, 1.165) is 11.3 Å². The number of carboxylic acids is 1. The second kappa shape index (κ2) is 5.06. The van der Waals surface area contributed by atoms with Crippen molar-refractivity contribution in [2.24, 2.45) is 0 Å². The van der Waals surface area contributed by atoms with Crippen LogP contribution in [0.2, 0.25) is 0 Å². The fourth-order valence-electron chi connectivity index (χ4n) is 2.53. The molecule has 1 aliphatic carbocycles. The second-order valence-corrected chi connectivity index (χ2v) is 5.40. The summed E-state index contributed by atoms with van der Waals surface area (Å²) in [5.74, 6) is 2.25. The Balaban J connectivity index is 2.23. The molecule has 21 heavy (non-hydrogen) atoms. The fraction of sp³-hybridized carbons (Fsp3) is 0.222. The van der Waals surface area contributed by atoms with Gasteiger partial charge < -0.3 is 5.11 Å². The van der Waals surface area contributed by atoms with E-state index in [-0.39, 0.29) is 5.56 Å². The SMILES string of the molecule is C#Cc1ccc(C2CC2)cc1-c1cc(C)ncc1C(=O)O. The van der Waals surface area contributed by atoms with Gasteiger partial charge >= 0.3 is 5.97 Å². The summed E-state index contributed by atoms with van der Waals surface area (Å²) in [6, 6.07) is 7.78. The lowest BCUT2D eigenvalue weighted by molar-refractivity contribution is 0.0697. The minimum Gasteiger partial charge on any atom is -0.478 e. The Morgan fingerprint density at radius 1 is 1.33 bits per heavy atom. The Morgan fingerprint density at radius 2 is 2.10 bits per heavy atom. The van der Waals surface area contributed by atoms with Gasteiger partial charge in [-0.05, 0) is 55.0 Å². The van der Waals surface area contributed by atoms with Crippen molar-refractivity contribution in [3.05, 3.63) is 52.8 Å². The van der Waals surface area contributed by atoms with Gasteiger partial charge in [0.25, 0.3) is 0 Å². The summed E-state index contributed by atoms with van der Waals surface area (Å²) < 4.78 is 0. The quantitative estimate of drug-likeness (QED) is 0.872. The number of aromatic nitrogens is 1. The number of benzene rings is 1. The molecule has 2 aromatic rings. The molecule has 0 atom stereocenters. The summed E-state index contributed by atoms with van der Waals surface area (Å²) in [7, 11) is 0. The average molecular weight is 277 g/mol. The van der Waals surface area contributed by atoms with E-state index < -0.39 is 5.97 Å². The maximum Gasteiger partial charge on any atom is 0.337 e. The Labute approximate surface area is 123 Å². The van der Waals surface area contributed by atoms with Crippen LogP contribution in [0.3, 0.4) is 0 Å². The van der Waals surface area contributed by atoms with Crippen molar-refractivity contribution in [3.8, 4) is 23.5 Å². The van der Waals surface area contributed by atoms with Crippen LogP contribution in [0.1, 0.15) is 45.9 Å². The first-order valence-corrected chi connectivity index (χ1v) is 6.91. The standard InChI is InChI=1S/C18H15NO2/c1-3-12-4-7-14(13-5-6-13)9-15(12)16-8-11(2)19-10-17(16)18(20)21/h1,4,7-10,13H,5-6H2,2H3,(H,20,21). The molecule has 0 bridgehead atoms. The molecule has 0 radical (unpaired) electrons. The predicted molar refractivity (Wildman–Crippen MR) is 81.3 cm³/mol. The molecule has 0 unspecified atom stereocenters. The second-order valence-electron chi connectivity index (χ2n) is 5.40. The third-order valence-electron chi connectivity index (χ3n) is 3.81. The maximum absolute atomic E-state index is 11.4. The van der Waals surface area contributed by atoms with E-state index in [0.29, 0.717) is 17.0 Å². The van der Waals surface area contributed by atoms with E-state index in [1.807, 2.05) is 25.1 Å². The van der Waals surface area contributed by atoms with Crippen molar-refractivity contribution in [2.75, 3.05) is 0 Å². The lowest BCUT2D eigenvalue weighted by Gasteiger charge is -2.11. The zero-order valence-electron chi connectivity index (χ0n) is 11.8. The molecule has 1 saturated carbocycles. The molecular formula is C18H15NO2. The lowest BCUT2D eigenvalue weighted by atomic mass is 9.93. The smallest absolute Gasteiger partial charge is 0.337 e. The number of carboxylic acid groups (broad SMARTS) is 1. The molecular weight excluding hydrogens is 262 g/mol. The first kappa shape index (κ1) is 13.4. The summed E-state index contributed by atoms with van der Waals surface area (Å²) in [6.45, 7) is 1.84. The molecule has 1 N–H and O–H groups in total. The summed E-state index contributed by atoms with van der Waals surface area (Å²) in [5.41, 5.74) is 4.36. The van der Waals surface area contributed by atoms with Crippen LogP contribution in [0.15, 0.2) is 30.5 Å². The number of hydrogen-bond donors (Lipinski definition) is 1. The number of nitrogens with zero attached hydrogens (tertiary/aromatic N) is 1. The first-order valence-electron chi connectivity index (χ1n) is 6.91. The van der Waals surface area contributed by atoms with Gasteiger partial charge in [-0.25, -0.2) is 4.79 Å². The first-order chi connectivity index (χ1) is 10.1. The molecule has 0 spiro atoms. The number of terminal acetylenes is 1. The zero-order valence-corrected chi connectivity index (χ0v) is 11.8. The third-order valence-corrected chi connectivity index (χ3v) is 3.81. The van der Waals surface area contributed by atoms with Gasteiger partial charge in [-0.3, -0.25) is 4.98 Å². The van der Waals surface area contributed by atoms with Gasteiger partial charge in [-0.2, -0.15) is 0 Å². The molecule has 1 fully saturated rings. The third kappa shape index (κ3) is 2.53. The van der Waals surface area contributed by atoms with Gasteiger partial charge in [0.1, 0.15) is 0 Å². The number of aromatic carboxylic acids is 1. The van der Waals surface area contributed by atoms with Crippen LogP contribution in [0.5, 0.6) is 0 Å². The van der Waals surface area contributed by atoms with Crippen molar-refractivity contribution in [1.82, 2.24) is 4.98 Å². The number of carbonyl (C=O) groups is 1. The highest BCUT2D eigenvalue weighted by atomic mass is 16.4. The van der Waals surface area contributed by atoms with Crippen LogP contribution in [0.25, 0.3) is 11.1 Å². The van der Waals surface area contributed by atoms with E-state index >= 15 is 0 Å². The average Bonchev–Trinajstić information content (AvgIpc) is 3.30. The van der Waals surface area contributed by atoms with E-state index in [9.17, 15) is 9.90 Å². The number of aryl methyl sites for hydroxylation is 1. The minimum atomic E-state index is -0.989. The van der Waals surface area contributed by atoms with Gasteiger partial charge in [0.15, 0.2) is 0 Å². The van der Waals surface area contributed by atoms with E-state index in [1.54, 1.807) is 6.07 Å². The number of rotatable bonds is 3. The highest BCUT2D eigenvalue weighted by Gasteiger charge is 2.25.